The van der Waals surface area contributed by atoms with E-state index in [0.29, 0.717) is 13.2 Å². The highest BCUT2D eigenvalue weighted by molar-refractivity contribution is 7.89. The molecule has 0 radical (unpaired) electrons. The van der Waals surface area contributed by atoms with Gasteiger partial charge in [-0.2, -0.15) is 0 Å². The molecule has 1 aromatic carbocycles. The highest BCUT2D eigenvalue weighted by atomic mass is 32.2. The third kappa shape index (κ3) is 2.65. The lowest BCUT2D eigenvalue weighted by atomic mass is 9.89. The first-order valence-electron chi connectivity index (χ1n) is 5.25. The van der Waals surface area contributed by atoms with Crippen molar-refractivity contribution in [1.82, 2.24) is 4.72 Å². The molecule has 1 aliphatic heterocycles. The molecule has 0 aliphatic carbocycles. The number of ether oxygens (including phenoxy) is 1. The number of sulfonamides is 1. The predicted molar refractivity (Wildman–Crippen MR) is 60.5 cm³/mol. The molecule has 1 N–H and O–H groups in total. The van der Waals surface area contributed by atoms with Gasteiger partial charge in [-0.05, 0) is 12.1 Å². The Morgan fingerprint density at radius 1 is 1.41 bits per heavy atom. The van der Waals surface area contributed by atoms with Crippen molar-refractivity contribution in [3.8, 4) is 0 Å². The highest BCUT2D eigenvalue weighted by Crippen LogP contribution is 2.26. The van der Waals surface area contributed by atoms with Crippen molar-refractivity contribution in [1.29, 1.82) is 0 Å². The predicted octanol–water partition coefficient (Wildman–Crippen LogP) is 1.14. The van der Waals surface area contributed by atoms with Crippen LogP contribution in [0, 0.1) is 11.2 Å². The molecule has 0 aromatic heterocycles. The van der Waals surface area contributed by atoms with Crippen LogP contribution in [0.15, 0.2) is 29.2 Å². The Balaban J connectivity index is 2.12. The lowest BCUT2D eigenvalue weighted by molar-refractivity contribution is -0.0965. The molecule has 1 aromatic rings. The Kier molecular flexibility index (Phi) is 3.20. The Morgan fingerprint density at radius 3 is 2.59 bits per heavy atom. The van der Waals surface area contributed by atoms with E-state index >= 15 is 0 Å². The minimum absolute atomic E-state index is 0.182. The Labute approximate surface area is 99.8 Å². The van der Waals surface area contributed by atoms with E-state index in [0.717, 1.165) is 6.07 Å². The molecule has 1 aliphatic rings. The van der Waals surface area contributed by atoms with Gasteiger partial charge in [-0.25, -0.2) is 17.5 Å². The minimum Gasteiger partial charge on any atom is -0.380 e. The van der Waals surface area contributed by atoms with E-state index in [4.69, 9.17) is 4.74 Å². The quantitative estimate of drug-likeness (QED) is 0.882. The van der Waals surface area contributed by atoms with Crippen molar-refractivity contribution in [2.24, 2.45) is 5.41 Å². The van der Waals surface area contributed by atoms with Gasteiger partial charge in [-0.1, -0.05) is 19.1 Å². The van der Waals surface area contributed by atoms with E-state index < -0.39 is 15.8 Å². The summed E-state index contributed by atoms with van der Waals surface area (Å²) < 4.78 is 44.5. The zero-order chi connectivity index (χ0) is 12.5. The first-order chi connectivity index (χ1) is 7.93. The first-order valence-corrected chi connectivity index (χ1v) is 6.73. The zero-order valence-electron chi connectivity index (χ0n) is 9.44. The molecule has 6 heteroatoms. The maximum absolute atomic E-state index is 13.4. The van der Waals surface area contributed by atoms with E-state index in [9.17, 15) is 12.8 Å². The van der Waals surface area contributed by atoms with Gasteiger partial charge in [-0.15, -0.1) is 0 Å². The Morgan fingerprint density at radius 2 is 2.06 bits per heavy atom. The molecule has 0 amide bonds. The van der Waals surface area contributed by atoms with Crippen LogP contribution in [0.2, 0.25) is 0 Å². The molecule has 4 nitrogen and oxygen atoms in total. The van der Waals surface area contributed by atoms with Gasteiger partial charge in [0.25, 0.3) is 0 Å². The second-order valence-electron chi connectivity index (χ2n) is 4.56. The van der Waals surface area contributed by atoms with E-state index in [1.165, 1.54) is 18.2 Å². The van der Waals surface area contributed by atoms with E-state index in [1.54, 1.807) is 0 Å². The molecule has 0 saturated carbocycles. The van der Waals surface area contributed by atoms with Crippen LogP contribution in [0.1, 0.15) is 6.92 Å². The van der Waals surface area contributed by atoms with Crippen LogP contribution >= 0.6 is 0 Å². The molecule has 94 valence electrons. The van der Waals surface area contributed by atoms with Gasteiger partial charge >= 0.3 is 0 Å². The number of halogens is 1. The molecule has 17 heavy (non-hydrogen) atoms. The van der Waals surface area contributed by atoms with Crippen LogP contribution in [-0.2, 0) is 14.8 Å². The fourth-order valence-corrected chi connectivity index (χ4v) is 2.84. The van der Waals surface area contributed by atoms with Crippen molar-refractivity contribution < 1.29 is 17.5 Å². The largest absolute Gasteiger partial charge is 0.380 e. The second kappa shape index (κ2) is 4.36. The van der Waals surface area contributed by atoms with Crippen molar-refractivity contribution in [3.05, 3.63) is 30.1 Å². The molecule has 1 fully saturated rings. The van der Waals surface area contributed by atoms with Crippen molar-refractivity contribution >= 4 is 10.0 Å². The van der Waals surface area contributed by atoms with Gasteiger partial charge in [0.2, 0.25) is 10.0 Å². The lowest BCUT2D eigenvalue weighted by Gasteiger charge is -2.37. The van der Waals surface area contributed by atoms with Crippen LogP contribution in [0.4, 0.5) is 4.39 Å². The molecule has 0 atom stereocenters. The Hall–Kier alpha value is -0.980. The maximum atomic E-state index is 13.4. The topological polar surface area (TPSA) is 55.4 Å². The fraction of sp³-hybridized carbons (Fsp3) is 0.455. The normalized spacial score (nSPS) is 18.7. The third-order valence-corrected chi connectivity index (χ3v) is 4.15. The van der Waals surface area contributed by atoms with Crippen molar-refractivity contribution in [2.75, 3.05) is 19.8 Å². The van der Waals surface area contributed by atoms with E-state index in [-0.39, 0.29) is 16.9 Å². The summed E-state index contributed by atoms with van der Waals surface area (Å²) in [6.07, 6.45) is 0. The Bertz CT molecular complexity index is 511. The zero-order valence-corrected chi connectivity index (χ0v) is 10.3. The summed E-state index contributed by atoms with van der Waals surface area (Å²) in [7, 11) is -3.78. The smallest absolute Gasteiger partial charge is 0.243 e. The maximum Gasteiger partial charge on any atom is 0.243 e. The number of hydrogen-bond acceptors (Lipinski definition) is 3. The van der Waals surface area contributed by atoms with E-state index in [1.807, 2.05) is 6.92 Å². The van der Waals surface area contributed by atoms with Gasteiger partial charge in [0, 0.05) is 12.0 Å². The molecule has 1 saturated heterocycles. The monoisotopic (exact) mass is 259 g/mol. The van der Waals surface area contributed by atoms with Gasteiger partial charge in [0.1, 0.15) is 10.7 Å². The summed E-state index contributed by atoms with van der Waals surface area (Å²) in [5.41, 5.74) is -0.182. The van der Waals surface area contributed by atoms with E-state index in [2.05, 4.69) is 4.72 Å². The first kappa shape index (κ1) is 12.5. The molecule has 0 bridgehead atoms. The van der Waals surface area contributed by atoms with Crippen LogP contribution in [-0.4, -0.2) is 28.2 Å². The van der Waals surface area contributed by atoms with Gasteiger partial charge < -0.3 is 4.74 Å². The summed E-state index contributed by atoms with van der Waals surface area (Å²) in [6.45, 7) is 3.21. The molecule has 1 heterocycles. The summed E-state index contributed by atoms with van der Waals surface area (Å²) in [5.74, 6) is -0.741. The summed E-state index contributed by atoms with van der Waals surface area (Å²) in [5, 5.41) is 0. The van der Waals surface area contributed by atoms with Gasteiger partial charge in [0.05, 0.1) is 13.2 Å². The SMILES string of the molecule is CC1(CNS(=O)(=O)c2ccccc2F)COC1. The van der Waals surface area contributed by atoms with Crippen molar-refractivity contribution in [2.45, 2.75) is 11.8 Å². The molecule has 0 unspecified atom stereocenters. The fourth-order valence-electron chi connectivity index (χ4n) is 1.56. The van der Waals surface area contributed by atoms with Crippen molar-refractivity contribution in [3.63, 3.8) is 0 Å². The average molecular weight is 259 g/mol. The highest BCUT2D eigenvalue weighted by Gasteiger charge is 2.34. The van der Waals surface area contributed by atoms with Crippen LogP contribution in [0.25, 0.3) is 0 Å². The number of rotatable bonds is 4. The molecular formula is C11H14FNO3S. The summed E-state index contributed by atoms with van der Waals surface area (Å²) in [6, 6.07) is 5.32. The molecule has 0 spiro atoms. The lowest BCUT2D eigenvalue weighted by Crippen LogP contribution is -2.48. The minimum atomic E-state index is -3.78. The van der Waals surface area contributed by atoms with Gasteiger partial charge in [0.15, 0.2) is 0 Å². The standard InChI is InChI=1S/C11H14FNO3S/c1-11(7-16-8-11)6-13-17(14,15)10-5-3-2-4-9(10)12/h2-5,13H,6-8H2,1H3. The van der Waals surface area contributed by atoms with Crippen LogP contribution in [0.5, 0.6) is 0 Å². The summed E-state index contributed by atoms with van der Waals surface area (Å²) in [4.78, 5) is -0.316. The third-order valence-electron chi connectivity index (χ3n) is 2.72. The van der Waals surface area contributed by atoms with Crippen LogP contribution in [0.3, 0.4) is 0 Å². The number of hydrogen-bond donors (Lipinski definition) is 1. The summed E-state index contributed by atoms with van der Waals surface area (Å²) >= 11 is 0. The number of benzene rings is 1. The number of nitrogens with one attached hydrogen (secondary N) is 1. The molecular weight excluding hydrogens is 245 g/mol. The molecule has 2 rings (SSSR count). The van der Waals surface area contributed by atoms with Gasteiger partial charge in [-0.3, -0.25) is 0 Å². The van der Waals surface area contributed by atoms with Crippen LogP contribution < -0.4 is 4.72 Å². The second-order valence-corrected chi connectivity index (χ2v) is 6.29. The average Bonchev–Trinajstić information content (AvgIpc) is 2.24.